The molecule has 0 saturated carbocycles. The minimum atomic E-state index is -0.318. The van der Waals surface area contributed by atoms with Crippen molar-refractivity contribution >= 4 is 23.2 Å². The number of anilines is 1. The number of halogens is 1. The maximum absolute atomic E-state index is 12.2. The van der Waals surface area contributed by atoms with Gasteiger partial charge >= 0.3 is 0 Å². The predicted molar refractivity (Wildman–Crippen MR) is 90.6 cm³/mol. The van der Waals surface area contributed by atoms with E-state index in [-0.39, 0.29) is 18.4 Å². The van der Waals surface area contributed by atoms with Gasteiger partial charge < -0.3 is 10.1 Å². The molecule has 2 aromatic carbocycles. The van der Waals surface area contributed by atoms with Gasteiger partial charge in [-0.15, -0.1) is 0 Å². The number of aryl methyl sites for hydroxylation is 1. The molecule has 0 aliphatic heterocycles. The molecule has 2 rings (SSSR count). The van der Waals surface area contributed by atoms with Gasteiger partial charge in [-0.1, -0.05) is 18.5 Å². The van der Waals surface area contributed by atoms with Gasteiger partial charge in [-0.05, 0) is 55.0 Å². The molecule has 0 radical (unpaired) electrons. The number of hydrogen-bond acceptors (Lipinski definition) is 3. The normalized spacial score (nSPS) is 11.4. The Morgan fingerprint density at radius 1 is 1.30 bits per heavy atom. The highest BCUT2D eigenvalue weighted by Gasteiger charge is 2.14. The first-order valence-electron chi connectivity index (χ1n) is 7.19. The molecule has 0 saturated heterocycles. The lowest BCUT2D eigenvalue weighted by Gasteiger charge is -2.14. The Kier molecular flexibility index (Phi) is 5.61. The van der Waals surface area contributed by atoms with Gasteiger partial charge in [-0.25, -0.2) is 0 Å². The molecule has 4 nitrogen and oxygen atoms in total. The van der Waals surface area contributed by atoms with E-state index in [9.17, 15) is 4.79 Å². The quantitative estimate of drug-likeness (QED) is 0.895. The van der Waals surface area contributed by atoms with Gasteiger partial charge in [-0.3, -0.25) is 4.79 Å². The topological polar surface area (TPSA) is 62.1 Å². The molecular formula is C18H17ClN2O2. The Morgan fingerprint density at radius 3 is 2.61 bits per heavy atom. The van der Waals surface area contributed by atoms with Gasteiger partial charge in [0.2, 0.25) is 5.91 Å². The van der Waals surface area contributed by atoms with Crippen LogP contribution in [0, 0.1) is 24.2 Å². The summed E-state index contributed by atoms with van der Waals surface area (Å²) in [6.07, 6.45) is 0. The van der Waals surface area contributed by atoms with Gasteiger partial charge in [0.25, 0.3) is 0 Å². The fourth-order valence-electron chi connectivity index (χ4n) is 1.96. The molecule has 0 fully saturated rings. The van der Waals surface area contributed by atoms with Crippen molar-refractivity contribution in [2.24, 2.45) is 5.92 Å². The van der Waals surface area contributed by atoms with E-state index in [0.29, 0.717) is 22.0 Å². The van der Waals surface area contributed by atoms with Crippen molar-refractivity contribution in [3.8, 4) is 11.8 Å². The summed E-state index contributed by atoms with van der Waals surface area (Å²) in [6.45, 7) is 3.89. The summed E-state index contributed by atoms with van der Waals surface area (Å²) in [7, 11) is 0. The fraction of sp³-hybridized carbons (Fsp3) is 0.222. The van der Waals surface area contributed by atoms with Crippen molar-refractivity contribution in [3.63, 3.8) is 0 Å². The molecule has 0 spiro atoms. The van der Waals surface area contributed by atoms with Crippen LogP contribution in [0.5, 0.6) is 5.75 Å². The van der Waals surface area contributed by atoms with Gasteiger partial charge in [-0.2, -0.15) is 5.26 Å². The molecule has 2 aromatic rings. The second kappa shape index (κ2) is 7.66. The Hall–Kier alpha value is -2.51. The number of carbonyl (C=O) groups excluding carboxylic acids is 1. The third-order valence-corrected chi connectivity index (χ3v) is 3.63. The van der Waals surface area contributed by atoms with E-state index in [2.05, 4.69) is 11.4 Å². The molecule has 1 atom stereocenters. The van der Waals surface area contributed by atoms with Crippen molar-refractivity contribution < 1.29 is 9.53 Å². The minimum Gasteiger partial charge on any atom is -0.493 e. The zero-order valence-corrected chi connectivity index (χ0v) is 13.7. The summed E-state index contributed by atoms with van der Waals surface area (Å²) in [5, 5.41) is 12.4. The summed E-state index contributed by atoms with van der Waals surface area (Å²) >= 11 is 5.81. The van der Waals surface area contributed by atoms with Crippen LogP contribution >= 0.6 is 11.6 Å². The van der Waals surface area contributed by atoms with E-state index in [4.69, 9.17) is 21.6 Å². The molecule has 0 aliphatic carbocycles. The van der Waals surface area contributed by atoms with E-state index in [1.807, 2.05) is 6.92 Å². The molecule has 5 heteroatoms. The van der Waals surface area contributed by atoms with E-state index in [0.717, 1.165) is 5.56 Å². The van der Waals surface area contributed by atoms with E-state index in [1.54, 1.807) is 49.4 Å². The lowest BCUT2D eigenvalue weighted by Crippen LogP contribution is -2.25. The van der Waals surface area contributed by atoms with Crippen LogP contribution in [-0.4, -0.2) is 12.5 Å². The van der Waals surface area contributed by atoms with Crippen molar-refractivity contribution in [1.29, 1.82) is 5.26 Å². The standard InChI is InChI=1S/C18H17ClN2O2/c1-12-9-16(6-3-14(12)10-20)21-18(22)13(2)11-23-17-7-4-15(19)5-8-17/h3-9,13H,11H2,1-2H3,(H,21,22)/t13-/m0/s1. The van der Waals surface area contributed by atoms with Gasteiger partial charge in [0, 0.05) is 10.7 Å². The first-order chi connectivity index (χ1) is 11.0. The van der Waals surface area contributed by atoms with Crippen LogP contribution in [0.25, 0.3) is 0 Å². The molecule has 0 aliphatic rings. The number of nitrogens with one attached hydrogen (secondary N) is 1. The number of amides is 1. The average molecular weight is 329 g/mol. The second-order valence-corrected chi connectivity index (χ2v) is 5.73. The molecule has 1 amide bonds. The number of rotatable bonds is 5. The van der Waals surface area contributed by atoms with Crippen LogP contribution in [-0.2, 0) is 4.79 Å². The van der Waals surface area contributed by atoms with Crippen LogP contribution in [0.2, 0.25) is 5.02 Å². The third-order valence-electron chi connectivity index (χ3n) is 3.38. The Bertz CT molecular complexity index is 736. The smallest absolute Gasteiger partial charge is 0.230 e. The molecular weight excluding hydrogens is 312 g/mol. The number of benzene rings is 2. The molecule has 0 bridgehead atoms. The van der Waals surface area contributed by atoms with E-state index < -0.39 is 0 Å². The fourth-order valence-corrected chi connectivity index (χ4v) is 2.09. The van der Waals surface area contributed by atoms with Crippen molar-refractivity contribution in [2.75, 3.05) is 11.9 Å². The van der Waals surface area contributed by atoms with E-state index >= 15 is 0 Å². The average Bonchev–Trinajstić information content (AvgIpc) is 2.54. The lowest BCUT2D eigenvalue weighted by molar-refractivity contribution is -0.120. The van der Waals surface area contributed by atoms with Gasteiger partial charge in [0.05, 0.1) is 24.2 Å². The summed E-state index contributed by atoms with van der Waals surface area (Å²) < 4.78 is 5.58. The highest BCUT2D eigenvalue weighted by atomic mass is 35.5. The van der Waals surface area contributed by atoms with Crippen molar-refractivity contribution in [3.05, 3.63) is 58.6 Å². The summed E-state index contributed by atoms with van der Waals surface area (Å²) in [4.78, 5) is 12.2. The maximum Gasteiger partial charge on any atom is 0.230 e. The van der Waals surface area contributed by atoms with E-state index in [1.165, 1.54) is 0 Å². The highest BCUT2D eigenvalue weighted by Crippen LogP contribution is 2.18. The molecule has 1 N–H and O–H groups in total. The number of nitriles is 1. The first-order valence-corrected chi connectivity index (χ1v) is 7.57. The second-order valence-electron chi connectivity index (χ2n) is 5.30. The monoisotopic (exact) mass is 328 g/mol. The molecule has 0 unspecified atom stereocenters. The maximum atomic E-state index is 12.2. The summed E-state index contributed by atoms with van der Waals surface area (Å²) in [6, 6.07) is 14.3. The Labute approximate surface area is 140 Å². The van der Waals surface area contributed by atoms with Crippen LogP contribution in [0.3, 0.4) is 0 Å². The molecule has 23 heavy (non-hydrogen) atoms. The van der Waals surface area contributed by atoms with Crippen LogP contribution < -0.4 is 10.1 Å². The first kappa shape index (κ1) is 16.9. The number of carbonyl (C=O) groups is 1. The van der Waals surface area contributed by atoms with Crippen LogP contribution in [0.1, 0.15) is 18.1 Å². The summed E-state index contributed by atoms with van der Waals surface area (Å²) in [5.41, 5.74) is 2.10. The van der Waals surface area contributed by atoms with Crippen molar-refractivity contribution in [1.82, 2.24) is 0 Å². The zero-order valence-electron chi connectivity index (χ0n) is 13.0. The number of nitrogens with zero attached hydrogens (tertiary/aromatic N) is 1. The molecule has 0 heterocycles. The van der Waals surface area contributed by atoms with Gasteiger partial charge in [0.15, 0.2) is 0 Å². The number of hydrogen-bond donors (Lipinski definition) is 1. The van der Waals surface area contributed by atoms with Crippen LogP contribution in [0.15, 0.2) is 42.5 Å². The third kappa shape index (κ3) is 4.73. The number of ether oxygens (including phenoxy) is 1. The Balaban J connectivity index is 1.91. The Morgan fingerprint density at radius 2 is 2.00 bits per heavy atom. The largest absolute Gasteiger partial charge is 0.493 e. The lowest BCUT2D eigenvalue weighted by atomic mass is 10.1. The minimum absolute atomic E-state index is 0.136. The summed E-state index contributed by atoms with van der Waals surface area (Å²) in [5.74, 6) is 0.216. The highest BCUT2D eigenvalue weighted by molar-refractivity contribution is 6.30. The zero-order chi connectivity index (χ0) is 16.8. The van der Waals surface area contributed by atoms with Gasteiger partial charge in [0.1, 0.15) is 5.75 Å². The predicted octanol–water partition coefficient (Wildman–Crippen LogP) is 4.17. The van der Waals surface area contributed by atoms with Crippen molar-refractivity contribution in [2.45, 2.75) is 13.8 Å². The SMILES string of the molecule is Cc1cc(NC(=O)[C@@H](C)COc2ccc(Cl)cc2)ccc1C#N. The molecule has 118 valence electrons. The van der Waals surface area contributed by atoms with Crippen LogP contribution in [0.4, 0.5) is 5.69 Å². The molecule has 0 aromatic heterocycles.